The van der Waals surface area contributed by atoms with Crippen molar-refractivity contribution >= 4 is 10.9 Å². The fourth-order valence-electron chi connectivity index (χ4n) is 2.23. The maximum atomic E-state index is 5.76. The van der Waals surface area contributed by atoms with Crippen LogP contribution in [-0.2, 0) is 6.54 Å². The standard InChI is InChI=1S/C13H17N3O2/c1-15(2)5-6-16-11-3-4-14-9-10(11)12-13(16)18-8-7-17-12/h3-4,9H,5-8H2,1-2H3. The van der Waals surface area contributed by atoms with Crippen LogP contribution in [0.2, 0.25) is 0 Å². The van der Waals surface area contributed by atoms with Gasteiger partial charge in [-0.3, -0.25) is 4.98 Å². The maximum absolute atomic E-state index is 5.76. The van der Waals surface area contributed by atoms with E-state index < -0.39 is 0 Å². The summed E-state index contributed by atoms with van der Waals surface area (Å²) in [5.74, 6) is 1.68. The first-order valence-electron chi connectivity index (χ1n) is 6.14. The van der Waals surface area contributed by atoms with Crippen LogP contribution in [0.5, 0.6) is 11.6 Å². The average molecular weight is 247 g/mol. The summed E-state index contributed by atoms with van der Waals surface area (Å²) >= 11 is 0. The lowest BCUT2D eigenvalue weighted by Crippen LogP contribution is -2.21. The molecular weight excluding hydrogens is 230 g/mol. The summed E-state index contributed by atoms with van der Waals surface area (Å²) in [5, 5.41) is 1.03. The van der Waals surface area contributed by atoms with E-state index in [4.69, 9.17) is 9.47 Å². The van der Waals surface area contributed by atoms with Gasteiger partial charge in [0.15, 0.2) is 5.75 Å². The molecule has 3 rings (SSSR count). The Hall–Kier alpha value is -1.75. The van der Waals surface area contributed by atoms with Gasteiger partial charge in [0.25, 0.3) is 0 Å². The molecule has 2 aromatic rings. The Balaban J connectivity index is 2.10. The molecule has 2 aromatic heterocycles. The van der Waals surface area contributed by atoms with Crippen LogP contribution in [0.15, 0.2) is 18.5 Å². The van der Waals surface area contributed by atoms with Gasteiger partial charge < -0.3 is 18.9 Å². The van der Waals surface area contributed by atoms with E-state index in [-0.39, 0.29) is 0 Å². The number of hydrogen-bond donors (Lipinski definition) is 0. The molecule has 0 bridgehead atoms. The molecule has 0 spiro atoms. The highest BCUT2D eigenvalue weighted by Crippen LogP contribution is 2.40. The zero-order valence-corrected chi connectivity index (χ0v) is 10.7. The molecule has 5 heteroatoms. The van der Waals surface area contributed by atoms with Gasteiger partial charge >= 0.3 is 0 Å². The number of ether oxygens (including phenoxy) is 2. The highest BCUT2D eigenvalue weighted by atomic mass is 16.6. The average Bonchev–Trinajstić information content (AvgIpc) is 2.71. The summed E-state index contributed by atoms with van der Waals surface area (Å²) in [4.78, 5) is 6.33. The third-order valence-electron chi connectivity index (χ3n) is 3.11. The molecule has 96 valence electrons. The molecule has 0 unspecified atom stereocenters. The number of hydrogen-bond acceptors (Lipinski definition) is 4. The molecule has 0 atom stereocenters. The van der Waals surface area contributed by atoms with Crippen molar-refractivity contribution in [3.63, 3.8) is 0 Å². The summed E-state index contributed by atoms with van der Waals surface area (Å²) < 4.78 is 13.7. The second-order valence-electron chi connectivity index (χ2n) is 4.68. The molecule has 0 saturated carbocycles. The normalized spacial score (nSPS) is 14.4. The highest BCUT2D eigenvalue weighted by Gasteiger charge is 2.22. The van der Waals surface area contributed by atoms with E-state index in [0.717, 1.165) is 35.6 Å². The van der Waals surface area contributed by atoms with Crippen LogP contribution in [-0.4, -0.2) is 48.3 Å². The van der Waals surface area contributed by atoms with Gasteiger partial charge in [-0.1, -0.05) is 0 Å². The third kappa shape index (κ3) is 1.80. The second-order valence-corrected chi connectivity index (χ2v) is 4.68. The molecule has 1 aliphatic heterocycles. The Kier molecular flexibility index (Phi) is 2.83. The van der Waals surface area contributed by atoms with Gasteiger partial charge in [-0.05, 0) is 20.2 Å². The van der Waals surface area contributed by atoms with Crippen LogP contribution in [0, 0.1) is 0 Å². The largest absolute Gasteiger partial charge is 0.484 e. The molecule has 5 nitrogen and oxygen atoms in total. The SMILES string of the molecule is CN(C)CCn1c2c(c3cnccc31)OCCO2. The Morgan fingerprint density at radius 3 is 3.00 bits per heavy atom. The van der Waals surface area contributed by atoms with Crippen molar-refractivity contribution < 1.29 is 9.47 Å². The van der Waals surface area contributed by atoms with E-state index in [1.54, 1.807) is 6.20 Å². The van der Waals surface area contributed by atoms with Crippen LogP contribution < -0.4 is 9.47 Å². The van der Waals surface area contributed by atoms with Crippen molar-refractivity contribution in [1.29, 1.82) is 0 Å². The summed E-state index contributed by atoms with van der Waals surface area (Å²) in [6, 6.07) is 2.01. The highest BCUT2D eigenvalue weighted by molar-refractivity contribution is 5.89. The van der Waals surface area contributed by atoms with Gasteiger partial charge in [-0.15, -0.1) is 0 Å². The topological polar surface area (TPSA) is 39.5 Å². The minimum absolute atomic E-state index is 0.606. The van der Waals surface area contributed by atoms with Gasteiger partial charge in [0.1, 0.15) is 13.2 Å². The summed E-state index contributed by atoms with van der Waals surface area (Å²) in [5.41, 5.74) is 1.12. The van der Waals surface area contributed by atoms with Crippen LogP contribution in [0.3, 0.4) is 0 Å². The third-order valence-corrected chi connectivity index (χ3v) is 3.11. The number of rotatable bonds is 3. The fourth-order valence-corrected chi connectivity index (χ4v) is 2.23. The van der Waals surface area contributed by atoms with Gasteiger partial charge in [0.2, 0.25) is 5.88 Å². The zero-order chi connectivity index (χ0) is 12.5. The zero-order valence-electron chi connectivity index (χ0n) is 10.7. The first kappa shape index (κ1) is 11.3. The lowest BCUT2D eigenvalue weighted by molar-refractivity contribution is 0.161. The van der Waals surface area contributed by atoms with Gasteiger partial charge in [-0.25, -0.2) is 0 Å². The predicted molar refractivity (Wildman–Crippen MR) is 69.3 cm³/mol. The van der Waals surface area contributed by atoms with Crippen molar-refractivity contribution in [2.24, 2.45) is 0 Å². The van der Waals surface area contributed by atoms with Crippen LogP contribution in [0.4, 0.5) is 0 Å². The molecule has 0 aromatic carbocycles. The summed E-state index contributed by atoms with van der Waals surface area (Å²) in [7, 11) is 4.13. The fraction of sp³-hybridized carbons (Fsp3) is 0.462. The lowest BCUT2D eigenvalue weighted by Gasteiger charge is -2.18. The summed E-state index contributed by atoms with van der Waals surface area (Å²) in [6.45, 7) is 3.06. The van der Waals surface area contributed by atoms with Crippen molar-refractivity contribution in [3.8, 4) is 11.6 Å². The molecule has 18 heavy (non-hydrogen) atoms. The Morgan fingerprint density at radius 2 is 2.17 bits per heavy atom. The molecule has 0 radical (unpaired) electrons. The molecule has 0 aliphatic carbocycles. The van der Waals surface area contributed by atoms with E-state index in [0.29, 0.717) is 13.2 Å². The van der Waals surface area contributed by atoms with E-state index in [9.17, 15) is 0 Å². The van der Waals surface area contributed by atoms with Crippen molar-refractivity contribution in [2.75, 3.05) is 33.9 Å². The minimum Gasteiger partial charge on any atom is -0.484 e. The van der Waals surface area contributed by atoms with Gasteiger partial charge in [0, 0.05) is 25.5 Å². The van der Waals surface area contributed by atoms with E-state index >= 15 is 0 Å². The Bertz CT molecular complexity index is 563. The first-order chi connectivity index (χ1) is 8.77. The molecule has 0 saturated heterocycles. The Labute approximate surface area is 106 Å². The number of fused-ring (bicyclic) bond motifs is 3. The van der Waals surface area contributed by atoms with Gasteiger partial charge in [-0.2, -0.15) is 0 Å². The number of likely N-dealkylation sites (N-methyl/N-ethyl adjacent to an activating group) is 1. The Morgan fingerprint density at radius 1 is 1.33 bits per heavy atom. The predicted octanol–water partition coefficient (Wildman–Crippen LogP) is 1.37. The van der Waals surface area contributed by atoms with E-state index in [2.05, 4.69) is 28.5 Å². The molecule has 3 heterocycles. The summed E-state index contributed by atoms with van der Waals surface area (Å²) in [6.07, 6.45) is 3.65. The molecule has 0 N–H and O–H groups in total. The number of pyridine rings is 1. The maximum Gasteiger partial charge on any atom is 0.238 e. The monoisotopic (exact) mass is 247 g/mol. The van der Waals surface area contributed by atoms with Crippen molar-refractivity contribution in [3.05, 3.63) is 18.5 Å². The number of aromatic nitrogens is 2. The van der Waals surface area contributed by atoms with Crippen LogP contribution >= 0.6 is 0 Å². The molecule has 0 amide bonds. The molecule has 0 fully saturated rings. The number of nitrogens with zero attached hydrogens (tertiary/aromatic N) is 3. The molecular formula is C13H17N3O2. The quantitative estimate of drug-likeness (QED) is 0.821. The van der Waals surface area contributed by atoms with Crippen LogP contribution in [0.25, 0.3) is 10.9 Å². The smallest absolute Gasteiger partial charge is 0.238 e. The lowest BCUT2D eigenvalue weighted by atomic mass is 10.3. The second kappa shape index (κ2) is 4.49. The van der Waals surface area contributed by atoms with Crippen molar-refractivity contribution in [2.45, 2.75) is 6.54 Å². The van der Waals surface area contributed by atoms with E-state index in [1.165, 1.54) is 0 Å². The van der Waals surface area contributed by atoms with E-state index in [1.807, 2.05) is 12.3 Å². The van der Waals surface area contributed by atoms with Crippen molar-refractivity contribution in [1.82, 2.24) is 14.5 Å². The molecule has 1 aliphatic rings. The first-order valence-corrected chi connectivity index (χ1v) is 6.14. The van der Waals surface area contributed by atoms with Crippen LogP contribution in [0.1, 0.15) is 0 Å². The minimum atomic E-state index is 0.606. The van der Waals surface area contributed by atoms with Gasteiger partial charge in [0.05, 0.1) is 10.9 Å².